The quantitative estimate of drug-likeness (QED) is 0.0328. The van der Waals surface area contributed by atoms with Crippen LogP contribution in [0.2, 0.25) is 0 Å². The Kier molecular flexibility index (Phi) is 22.6. The minimum atomic E-state index is -0.739. The molecular formula is C78H116N10O8. The number of hydroxylamine groups is 4. The van der Waals surface area contributed by atoms with Gasteiger partial charge < -0.3 is 51.9 Å². The Morgan fingerprint density at radius 2 is 0.990 bits per heavy atom. The van der Waals surface area contributed by atoms with Gasteiger partial charge in [-0.2, -0.15) is 10.1 Å². The van der Waals surface area contributed by atoms with Gasteiger partial charge in [0.05, 0.1) is 37.5 Å². The molecular weight excluding hydrogens is 1200 g/mol. The molecule has 0 radical (unpaired) electrons. The molecule has 2 aliphatic heterocycles. The first-order valence-electron chi connectivity index (χ1n) is 36.0. The summed E-state index contributed by atoms with van der Waals surface area (Å²) in [7, 11) is 11.2. The van der Waals surface area contributed by atoms with Crippen LogP contribution in [0.1, 0.15) is 151 Å². The van der Waals surface area contributed by atoms with Crippen LogP contribution >= 0.6 is 0 Å². The molecule has 4 aromatic rings. The molecule has 526 valence electrons. The summed E-state index contributed by atoms with van der Waals surface area (Å²) in [4.78, 5) is 71.4. The van der Waals surface area contributed by atoms with E-state index in [4.69, 9.17) is 9.68 Å². The van der Waals surface area contributed by atoms with Crippen LogP contribution in [0.5, 0.6) is 0 Å². The fourth-order valence-corrected chi connectivity index (χ4v) is 17.5. The third kappa shape index (κ3) is 15.3. The smallest absolute Gasteiger partial charge is 0.251 e. The summed E-state index contributed by atoms with van der Waals surface area (Å²) in [5.41, 5.74) is 11.8. The molecule has 0 aromatic heterocycles. The highest BCUT2D eigenvalue weighted by atomic mass is 16.7. The molecule has 7 saturated carbocycles. The number of hydrogen-bond donors (Lipinski definition) is 8. The second-order valence-corrected chi connectivity index (χ2v) is 31.9. The molecule has 18 nitrogen and oxygen atoms in total. The van der Waals surface area contributed by atoms with E-state index >= 15 is 0 Å². The van der Waals surface area contributed by atoms with Gasteiger partial charge in [-0.05, 0) is 218 Å². The third-order valence-corrected chi connectivity index (χ3v) is 24.2. The predicted octanol–water partition coefficient (Wildman–Crippen LogP) is 9.76. The molecule has 4 bridgehead atoms. The lowest BCUT2D eigenvalue weighted by atomic mass is 9.45. The number of fused-ring (bicyclic) bond motifs is 4. The van der Waals surface area contributed by atoms with Gasteiger partial charge in [-0.1, -0.05) is 91.8 Å². The van der Waals surface area contributed by atoms with Crippen LogP contribution in [0, 0.1) is 83.9 Å². The minimum absolute atomic E-state index is 0.0516. The minimum Gasteiger partial charge on any atom is -0.393 e. The van der Waals surface area contributed by atoms with Crippen molar-refractivity contribution in [3.63, 3.8) is 0 Å². The van der Waals surface area contributed by atoms with E-state index in [2.05, 4.69) is 138 Å². The maximum Gasteiger partial charge on any atom is 0.251 e. The van der Waals surface area contributed by atoms with E-state index in [9.17, 15) is 29.4 Å². The lowest BCUT2D eigenvalue weighted by Crippen LogP contribution is -2.62. The van der Waals surface area contributed by atoms with E-state index in [1.807, 2.05) is 84.5 Å². The number of nitrogens with zero attached hydrogens (tertiary/aromatic N) is 4. The molecule has 2 saturated heterocycles. The van der Waals surface area contributed by atoms with Gasteiger partial charge in [0.15, 0.2) is 0 Å². The molecule has 4 amide bonds. The summed E-state index contributed by atoms with van der Waals surface area (Å²) in [6, 6.07) is 23.2. The van der Waals surface area contributed by atoms with Crippen LogP contribution in [0.3, 0.4) is 0 Å². The van der Waals surface area contributed by atoms with Crippen molar-refractivity contribution < 1.29 is 39.1 Å². The van der Waals surface area contributed by atoms with Crippen LogP contribution in [0.4, 0.5) is 11.4 Å². The number of anilines is 2. The number of benzene rings is 4. The molecule has 0 spiro atoms. The fourth-order valence-electron chi connectivity index (χ4n) is 17.5. The zero-order chi connectivity index (χ0) is 69.6. The van der Waals surface area contributed by atoms with Crippen LogP contribution in [-0.4, -0.2) is 161 Å². The van der Waals surface area contributed by atoms with Crippen molar-refractivity contribution in [2.75, 3.05) is 78.3 Å². The van der Waals surface area contributed by atoms with Gasteiger partial charge in [-0.15, -0.1) is 0 Å². The summed E-state index contributed by atoms with van der Waals surface area (Å²) in [5.74, 6) is 3.31. The van der Waals surface area contributed by atoms with Gasteiger partial charge in [0.25, 0.3) is 11.8 Å². The average molecular weight is 1320 g/mol. The molecule has 2 heterocycles. The van der Waals surface area contributed by atoms with E-state index in [1.165, 1.54) is 25.7 Å². The van der Waals surface area contributed by atoms with Crippen molar-refractivity contribution in [2.45, 2.75) is 183 Å². The van der Waals surface area contributed by atoms with Crippen LogP contribution in [0.15, 0.2) is 72.8 Å². The van der Waals surface area contributed by atoms with E-state index in [0.717, 1.165) is 87.7 Å². The molecule has 16 atom stereocenters. The number of amides is 4. The lowest BCUT2D eigenvalue weighted by Gasteiger charge is -2.62. The third-order valence-electron chi connectivity index (χ3n) is 24.2. The Balaban J connectivity index is 0.000000209. The maximum atomic E-state index is 14.4. The average Bonchev–Trinajstić information content (AvgIpc) is 1.72. The highest BCUT2D eigenvalue weighted by Gasteiger charge is 2.59. The van der Waals surface area contributed by atoms with Crippen molar-refractivity contribution in [3.8, 4) is 22.3 Å². The van der Waals surface area contributed by atoms with Crippen molar-refractivity contribution >= 4 is 35.0 Å². The van der Waals surface area contributed by atoms with Gasteiger partial charge in [0.2, 0.25) is 11.8 Å². The fraction of sp³-hybridized carbons (Fsp3) is 0.641. The van der Waals surface area contributed by atoms with Crippen LogP contribution in [0.25, 0.3) is 22.3 Å². The molecule has 9 fully saturated rings. The van der Waals surface area contributed by atoms with E-state index < -0.39 is 30.2 Å². The normalized spacial score (nSPS) is 29.3. The molecule has 13 rings (SSSR count). The zero-order valence-corrected chi connectivity index (χ0v) is 60.9. The molecule has 96 heavy (non-hydrogen) atoms. The largest absolute Gasteiger partial charge is 0.393 e. The number of rotatable bonds is 24. The van der Waals surface area contributed by atoms with Crippen LogP contribution in [-0.2, 0) is 32.4 Å². The number of nitrogens with one attached hydrogen (secondary N) is 6. The number of aliphatic hydroxyl groups excluding tert-OH is 2. The standard InChI is InChI=1S/C39H57N5O4.C39H59N5O4/c1-22-26(10-9-11-31(22)27-14-28(37(46)40-6)16-30(15-27)43(7)8)21-44-36(35(24(3)45)34(48-44)20-41-19-25-12-13-25)38(47)42-33-18-29-17-32(23(33)2)39(29,4)5;1-22(2)19-41-20-34-35(25(5)45)36(38(47)42-33-18-29-17-32(24(33)4)39(29,6)7)44(48-34)21-26-12-11-13-31(23(26)3)27-14-28(37(46)40-8)16-30(15-27)43(9)10/h9-11,14-16,23-25,29,32-36,41,45H,12-13,17-21H2,1-8H3,(H,40,46)(H,42,47);11-16,22,24-25,29,32-36,41,45H,17-21H2,1-10H3,(H,40,46)(H,42,47)/t23-,24-,29+,32-,33-,34-,35+,36-;24-,25-,29+,32-,33-,34-,35+,36-/m00/s1. The highest BCUT2D eigenvalue weighted by Crippen LogP contribution is 2.62. The molecule has 18 heteroatoms. The van der Waals surface area contributed by atoms with Crippen molar-refractivity contribution in [1.29, 1.82) is 0 Å². The van der Waals surface area contributed by atoms with Gasteiger partial charge in [-0.25, -0.2) is 0 Å². The Bertz CT molecular complexity index is 3200. The maximum absolute atomic E-state index is 14.4. The number of aliphatic hydroxyl groups is 2. The number of carbonyl (C=O) groups excluding carboxylic acids is 4. The monoisotopic (exact) mass is 1320 g/mol. The Morgan fingerprint density at radius 1 is 0.583 bits per heavy atom. The molecule has 0 unspecified atom stereocenters. The SMILES string of the molecule is CNC(=O)c1cc(-c2cccc(CN3O[C@@H](CNCC(C)C)[C@@H]([C@H](C)O)[C@H]3C(=O)N[C@H]3C[C@H]4C[C@@H]([C@@H]3C)C4(C)C)c2C)cc(N(C)C)c1.CNC(=O)c1cc(-c2cccc(CN3O[C@@H](CNCC4CC4)[C@@H]([C@H](C)O)[C@H]3C(=O)N[C@H]3C[C@H]4C[C@@H]([C@@H]3C)C4(C)C)c2C)cc(N(C)C)c1. The Hall–Kier alpha value is -5.96. The summed E-state index contributed by atoms with van der Waals surface area (Å²) < 4.78 is 0. The highest BCUT2D eigenvalue weighted by molar-refractivity contribution is 5.98. The Labute approximate surface area is 573 Å². The topological polar surface area (TPSA) is 212 Å². The van der Waals surface area contributed by atoms with Gasteiger partial charge in [0, 0.05) is 102 Å². The summed E-state index contributed by atoms with van der Waals surface area (Å²) in [5, 5.41) is 45.5. The lowest BCUT2D eigenvalue weighted by molar-refractivity contribution is -0.177. The van der Waals surface area contributed by atoms with E-state index in [-0.39, 0.29) is 53.8 Å². The van der Waals surface area contributed by atoms with E-state index in [1.54, 1.807) is 27.9 Å². The molecule has 9 aliphatic rings. The predicted molar refractivity (Wildman–Crippen MR) is 383 cm³/mol. The van der Waals surface area contributed by atoms with Crippen molar-refractivity contribution in [3.05, 3.63) is 106 Å². The van der Waals surface area contributed by atoms with Crippen molar-refractivity contribution in [2.24, 2.45) is 70.0 Å². The van der Waals surface area contributed by atoms with Gasteiger partial charge in [-0.3, -0.25) is 28.9 Å². The number of hydrogen-bond acceptors (Lipinski definition) is 14. The molecule has 7 aliphatic carbocycles. The van der Waals surface area contributed by atoms with Gasteiger partial charge in [0.1, 0.15) is 12.1 Å². The Morgan fingerprint density at radius 3 is 1.33 bits per heavy atom. The van der Waals surface area contributed by atoms with Crippen molar-refractivity contribution in [1.82, 2.24) is 42.0 Å². The second kappa shape index (κ2) is 29.9. The van der Waals surface area contributed by atoms with E-state index in [0.29, 0.717) is 89.6 Å². The zero-order valence-electron chi connectivity index (χ0n) is 60.9. The summed E-state index contributed by atoms with van der Waals surface area (Å²) >= 11 is 0. The molecule has 4 aromatic carbocycles. The molecule has 8 N–H and O–H groups in total. The number of carbonyl (C=O) groups is 4. The summed E-state index contributed by atoms with van der Waals surface area (Å²) in [6.45, 7) is 29.8. The first kappa shape index (κ1) is 72.8. The summed E-state index contributed by atoms with van der Waals surface area (Å²) in [6.07, 6.45) is 4.86. The first-order chi connectivity index (χ1) is 45.4. The van der Waals surface area contributed by atoms with Gasteiger partial charge >= 0.3 is 0 Å². The first-order valence-corrected chi connectivity index (χ1v) is 36.0. The van der Waals surface area contributed by atoms with Crippen LogP contribution < -0.4 is 41.7 Å². The second-order valence-electron chi connectivity index (χ2n) is 31.9.